The number of carbonyl (C=O) groups is 1. The fraction of sp³-hybridized carbons (Fsp3) is 0.541. The largest absolute Gasteiger partial charge is 0.495 e. The van der Waals surface area contributed by atoms with Crippen molar-refractivity contribution in [1.82, 2.24) is 19.6 Å². The minimum absolute atomic E-state index is 0.00324. The first-order valence-corrected chi connectivity index (χ1v) is 16.7. The lowest BCUT2D eigenvalue weighted by Crippen LogP contribution is -2.47. The van der Waals surface area contributed by atoms with E-state index in [1.807, 2.05) is 45.2 Å². The number of nitriles is 1. The van der Waals surface area contributed by atoms with Gasteiger partial charge in [0.05, 0.1) is 18.4 Å². The van der Waals surface area contributed by atoms with Gasteiger partial charge in [0, 0.05) is 37.2 Å². The van der Waals surface area contributed by atoms with E-state index < -0.39 is 12.0 Å². The van der Waals surface area contributed by atoms with E-state index in [1.165, 1.54) is 11.8 Å². The zero-order chi connectivity index (χ0) is 33.0. The van der Waals surface area contributed by atoms with Gasteiger partial charge in [-0.25, -0.2) is 4.39 Å². The van der Waals surface area contributed by atoms with Crippen LogP contribution in [0.1, 0.15) is 86.4 Å². The summed E-state index contributed by atoms with van der Waals surface area (Å²) in [4.78, 5) is 16.8. The molecule has 0 bridgehead atoms. The number of aliphatic carboxylic acids is 1. The molecule has 1 aliphatic carbocycles. The summed E-state index contributed by atoms with van der Waals surface area (Å²) in [5.74, 6) is 0.511. The van der Waals surface area contributed by atoms with Crippen molar-refractivity contribution < 1.29 is 19.0 Å². The number of hydrogen-bond donors (Lipinski definition) is 1. The van der Waals surface area contributed by atoms with Crippen molar-refractivity contribution in [1.29, 1.82) is 5.26 Å². The highest BCUT2D eigenvalue weighted by molar-refractivity contribution is 5.73. The Hall–Kier alpha value is -3.74. The molecule has 0 spiro atoms. The molecule has 9 heteroatoms. The maximum Gasteiger partial charge on any atom is 0.321 e. The Morgan fingerprint density at radius 1 is 1.17 bits per heavy atom. The molecule has 3 unspecified atom stereocenters. The number of halogens is 1. The predicted octanol–water partition coefficient (Wildman–Crippen LogP) is 6.30. The van der Waals surface area contributed by atoms with Crippen LogP contribution in [-0.2, 0) is 17.8 Å². The van der Waals surface area contributed by atoms with Gasteiger partial charge in [-0.2, -0.15) is 10.4 Å². The standard InChI is InChI=1S/C37H48FN5O3/c1-6-43-34(20-31(40-43)17-25-10-11-35(46-5)28(16-25)22-39)26-12-14-42(15-13-26)23-29-19-32(41(4)36(24(2)3)37(44)45)21-33(29)27-8-7-9-30(38)18-27/h7-11,16,18,20,24,26,29,32-33,36H,6,12-15,17,19,21,23H2,1-5H3,(H,44,45)/t29?,32?,33?,36-/m1/s1. The second-order valence-corrected chi connectivity index (χ2v) is 13.5. The SMILES string of the molecule is CCn1nc(Cc2ccc(OC)c(C#N)c2)cc1C1CCN(CC2CC(N(C)[C@@H](C(=O)O)C(C)C)CC2c2cccc(F)c2)CC1. The number of carboxylic acid groups (broad SMARTS) is 1. The minimum atomic E-state index is -0.782. The van der Waals surface area contributed by atoms with Crippen LogP contribution in [0.2, 0.25) is 0 Å². The topological polar surface area (TPSA) is 94.6 Å². The molecule has 1 saturated carbocycles. The lowest BCUT2D eigenvalue weighted by atomic mass is 9.87. The first-order valence-electron chi connectivity index (χ1n) is 16.7. The molecule has 2 fully saturated rings. The molecule has 1 saturated heterocycles. The number of likely N-dealkylation sites (N-methyl/N-ethyl adjacent to an activating group) is 1. The zero-order valence-electron chi connectivity index (χ0n) is 27.8. The van der Waals surface area contributed by atoms with Gasteiger partial charge in [-0.1, -0.05) is 32.0 Å². The van der Waals surface area contributed by atoms with E-state index >= 15 is 0 Å². The number of aryl methyl sites for hydroxylation is 1. The van der Waals surface area contributed by atoms with Crippen LogP contribution < -0.4 is 4.74 Å². The number of rotatable bonds is 12. The highest BCUT2D eigenvalue weighted by Crippen LogP contribution is 2.43. The van der Waals surface area contributed by atoms with Gasteiger partial charge in [0.1, 0.15) is 23.7 Å². The van der Waals surface area contributed by atoms with Crippen molar-refractivity contribution in [3.05, 3.63) is 82.4 Å². The lowest BCUT2D eigenvalue weighted by molar-refractivity contribution is -0.145. The van der Waals surface area contributed by atoms with Gasteiger partial charge in [0.2, 0.25) is 0 Å². The van der Waals surface area contributed by atoms with Gasteiger partial charge in [-0.05, 0) is 112 Å². The number of aromatic nitrogens is 2. The monoisotopic (exact) mass is 629 g/mol. The second kappa shape index (κ2) is 14.8. The molecule has 2 heterocycles. The Bertz CT molecular complexity index is 1540. The third-order valence-electron chi connectivity index (χ3n) is 10.3. The average Bonchev–Trinajstić information content (AvgIpc) is 3.65. The van der Waals surface area contributed by atoms with E-state index in [0.717, 1.165) is 68.7 Å². The van der Waals surface area contributed by atoms with E-state index in [2.05, 4.69) is 33.5 Å². The van der Waals surface area contributed by atoms with E-state index in [0.29, 0.717) is 29.6 Å². The van der Waals surface area contributed by atoms with Crippen LogP contribution in [0.15, 0.2) is 48.5 Å². The van der Waals surface area contributed by atoms with Gasteiger partial charge < -0.3 is 14.7 Å². The first kappa shape index (κ1) is 33.6. The number of benzene rings is 2. The molecule has 5 rings (SSSR count). The maximum atomic E-state index is 14.3. The van der Waals surface area contributed by atoms with E-state index in [-0.39, 0.29) is 23.7 Å². The van der Waals surface area contributed by atoms with Crippen LogP contribution in [0.5, 0.6) is 5.75 Å². The third kappa shape index (κ3) is 7.45. The predicted molar refractivity (Wildman–Crippen MR) is 177 cm³/mol. The van der Waals surface area contributed by atoms with E-state index in [1.54, 1.807) is 19.2 Å². The quantitative estimate of drug-likeness (QED) is 0.251. The molecule has 246 valence electrons. The van der Waals surface area contributed by atoms with Gasteiger partial charge in [0.25, 0.3) is 0 Å². The van der Waals surface area contributed by atoms with Crippen LogP contribution in [0.25, 0.3) is 0 Å². The van der Waals surface area contributed by atoms with Gasteiger partial charge in [-0.15, -0.1) is 0 Å². The highest BCUT2D eigenvalue weighted by Gasteiger charge is 2.42. The summed E-state index contributed by atoms with van der Waals surface area (Å²) < 4.78 is 21.8. The van der Waals surface area contributed by atoms with Gasteiger partial charge in [-0.3, -0.25) is 14.4 Å². The van der Waals surface area contributed by atoms with Crippen LogP contribution in [-0.4, -0.2) is 76.5 Å². The number of methoxy groups -OCH3 is 1. The summed E-state index contributed by atoms with van der Waals surface area (Å²) in [7, 11) is 3.52. The summed E-state index contributed by atoms with van der Waals surface area (Å²) in [6.45, 7) is 9.76. The minimum Gasteiger partial charge on any atom is -0.495 e. The molecule has 1 aliphatic heterocycles. The molecule has 2 aliphatic rings. The summed E-state index contributed by atoms with van der Waals surface area (Å²) in [5, 5.41) is 24.4. The Morgan fingerprint density at radius 3 is 2.57 bits per heavy atom. The Morgan fingerprint density at radius 2 is 1.93 bits per heavy atom. The molecular formula is C37H48FN5O3. The first-order chi connectivity index (χ1) is 22.1. The van der Waals surface area contributed by atoms with Crippen molar-refractivity contribution in [3.63, 3.8) is 0 Å². The van der Waals surface area contributed by atoms with Crippen LogP contribution in [0.4, 0.5) is 4.39 Å². The molecule has 4 atom stereocenters. The molecule has 8 nitrogen and oxygen atoms in total. The van der Waals surface area contributed by atoms with Crippen molar-refractivity contribution in [2.45, 2.75) is 83.3 Å². The molecule has 0 amide bonds. The van der Waals surface area contributed by atoms with Crippen molar-refractivity contribution in [2.24, 2.45) is 11.8 Å². The van der Waals surface area contributed by atoms with Gasteiger partial charge in [0.15, 0.2) is 0 Å². The molecule has 1 aromatic heterocycles. The number of likely N-dealkylation sites (tertiary alicyclic amines) is 1. The molecule has 1 N–H and O–H groups in total. The highest BCUT2D eigenvalue weighted by atomic mass is 19.1. The molecule has 3 aromatic rings. The second-order valence-electron chi connectivity index (χ2n) is 13.5. The molecular weight excluding hydrogens is 581 g/mol. The number of ether oxygens (including phenoxy) is 1. The Labute approximate surface area is 272 Å². The van der Waals surface area contributed by atoms with Gasteiger partial charge >= 0.3 is 5.97 Å². The molecule has 0 radical (unpaired) electrons. The van der Waals surface area contributed by atoms with Crippen molar-refractivity contribution in [2.75, 3.05) is 33.8 Å². The van der Waals surface area contributed by atoms with Crippen LogP contribution in [0, 0.1) is 29.0 Å². The summed E-state index contributed by atoms with van der Waals surface area (Å²) in [5.41, 5.74) is 4.87. The summed E-state index contributed by atoms with van der Waals surface area (Å²) in [6.07, 6.45) is 4.48. The third-order valence-corrected chi connectivity index (χ3v) is 10.3. The zero-order valence-corrected chi connectivity index (χ0v) is 27.8. The van der Waals surface area contributed by atoms with E-state index in [4.69, 9.17) is 9.84 Å². The summed E-state index contributed by atoms with van der Waals surface area (Å²) in [6, 6.07) is 16.8. The maximum absolute atomic E-state index is 14.3. The normalized spacial score (nSPS) is 21.5. The fourth-order valence-corrected chi connectivity index (χ4v) is 7.99. The number of piperidine rings is 1. The number of hydrogen-bond acceptors (Lipinski definition) is 6. The van der Waals surface area contributed by atoms with Crippen molar-refractivity contribution in [3.8, 4) is 11.8 Å². The van der Waals surface area contributed by atoms with E-state index in [9.17, 15) is 19.6 Å². The number of nitrogens with zero attached hydrogens (tertiary/aromatic N) is 5. The summed E-state index contributed by atoms with van der Waals surface area (Å²) >= 11 is 0. The van der Waals surface area contributed by atoms with Crippen molar-refractivity contribution >= 4 is 5.97 Å². The smallest absolute Gasteiger partial charge is 0.321 e. The van der Waals surface area contributed by atoms with Crippen LogP contribution in [0.3, 0.4) is 0 Å². The lowest BCUT2D eigenvalue weighted by Gasteiger charge is -2.35. The number of carboxylic acids is 1. The molecule has 2 aromatic carbocycles. The Kier molecular flexibility index (Phi) is 10.8. The van der Waals surface area contributed by atoms with Crippen LogP contribution >= 0.6 is 0 Å². The fourth-order valence-electron chi connectivity index (χ4n) is 7.99. The Balaban J connectivity index is 1.26. The molecule has 46 heavy (non-hydrogen) atoms. The average molecular weight is 630 g/mol.